The topological polar surface area (TPSA) is 29.9 Å². The zero-order valence-corrected chi connectivity index (χ0v) is 13.1. The van der Waals surface area contributed by atoms with Gasteiger partial charge in [-0.25, -0.2) is 0 Å². The molecule has 1 aromatic carbocycles. The molecule has 3 nitrogen and oxygen atoms in total. The molecule has 18 heavy (non-hydrogen) atoms. The van der Waals surface area contributed by atoms with Crippen LogP contribution >= 0.6 is 27.7 Å². The number of hydrogen-bond acceptors (Lipinski definition) is 3. The molecule has 0 aliphatic carbocycles. The van der Waals surface area contributed by atoms with Crippen molar-refractivity contribution in [3.8, 4) is 0 Å². The highest BCUT2D eigenvalue weighted by Crippen LogP contribution is 2.35. The lowest BCUT2D eigenvalue weighted by molar-refractivity contribution is 0.683. The predicted molar refractivity (Wildman–Crippen MR) is 79.0 cm³/mol. The fraction of sp³-hybridized carbons (Fsp3) is 0.308. The van der Waals surface area contributed by atoms with Crippen LogP contribution < -0.4 is 5.32 Å². The van der Waals surface area contributed by atoms with Crippen molar-refractivity contribution in [1.82, 2.24) is 15.1 Å². The molecule has 0 aliphatic rings. The molecule has 1 aromatic heterocycles. The number of aryl methyl sites for hydroxylation is 2. The van der Waals surface area contributed by atoms with Gasteiger partial charge in [-0.1, -0.05) is 23.9 Å². The standard InChI is InChI=1S/C13H16BrN3S/c1-9-10(8-15-2)13(17(3)16-9)18-12-7-5-4-6-11(12)14/h4-7,15H,8H2,1-3H3. The smallest absolute Gasteiger partial charge is 0.103 e. The molecule has 0 saturated carbocycles. The molecule has 0 radical (unpaired) electrons. The first-order valence-electron chi connectivity index (χ1n) is 5.73. The molecule has 0 saturated heterocycles. The molecule has 2 rings (SSSR count). The van der Waals surface area contributed by atoms with Crippen molar-refractivity contribution in [3.05, 3.63) is 40.0 Å². The minimum absolute atomic E-state index is 0.840. The van der Waals surface area contributed by atoms with Crippen LogP contribution in [0.5, 0.6) is 0 Å². The van der Waals surface area contributed by atoms with Gasteiger partial charge in [0.25, 0.3) is 0 Å². The quantitative estimate of drug-likeness (QED) is 0.934. The number of hydrogen-bond donors (Lipinski definition) is 1. The summed E-state index contributed by atoms with van der Waals surface area (Å²) in [5.41, 5.74) is 2.35. The van der Waals surface area contributed by atoms with Gasteiger partial charge in [0.15, 0.2) is 0 Å². The van der Waals surface area contributed by atoms with Crippen molar-refractivity contribution < 1.29 is 0 Å². The van der Waals surface area contributed by atoms with Crippen LogP contribution in [0.15, 0.2) is 38.7 Å². The maximum absolute atomic E-state index is 4.50. The number of rotatable bonds is 4. The average molecular weight is 326 g/mol. The Hall–Kier alpha value is -0.780. The SMILES string of the molecule is CNCc1c(C)nn(C)c1Sc1ccccc1Br. The summed E-state index contributed by atoms with van der Waals surface area (Å²) in [7, 11) is 3.95. The minimum Gasteiger partial charge on any atom is -0.316 e. The maximum atomic E-state index is 4.50. The van der Waals surface area contributed by atoms with Crippen LogP contribution in [0.1, 0.15) is 11.3 Å². The second-order valence-corrected chi connectivity index (χ2v) is 5.94. The van der Waals surface area contributed by atoms with Gasteiger partial charge in [0.05, 0.1) is 5.69 Å². The largest absolute Gasteiger partial charge is 0.316 e. The third kappa shape index (κ3) is 2.79. The summed E-state index contributed by atoms with van der Waals surface area (Å²) in [6, 6.07) is 8.24. The number of nitrogens with one attached hydrogen (secondary N) is 1. The van der Waals surface area contributed by atoms with E-state index < -0.39 is 0 Å². The van der Waals surface area contributed by atoms with E-state index in [0.717, 1.165) is 16.7 Å². The minimum atomic E-state index is 0.840. The second kappa shape index (κ2) is 5.91. The zero-order chi connectivity index (χ0) is 13.1. The fourth-order valence-electron chi connectivity index (χ4n) is 1.82. The molecular formula is C13H16BrN3S. The number of nitrogens with zero attached hydrogens (tertiary/aromatic N) is 2. The number of halogens is 1. The molecule has 1 heterocycles. The van der Waals surface area contributed by atoms with E-state index in [9.17, 15) is 0 Å². The first-order chi connectivity index (χ1) is 8.63. The summed E-state index contributed by atoms with van der Waals surface area (Å²) in [6.07, 6.45) is 0. The summed E-state index contributed by atoms with van der Waals surface area (Å²) in [5.74, 6) is 0. The third-order valence-electron chi connectivity index (χ3n) is 2.69. The average Bonchev–Trinajstić information content (AvgIpc) is 2.59. The van der Waals surface area contributed by atoms with E-state index in [4.69, 9.17) is 0 Å². The van der Waals surface area contributed by atoms with Crippen LogP contribution in [0.4, 0.5) is 0 Å². The van der Waals surface area contributed by atoms with Crippen LogP contribution in [-0.4, -0.2) is 16.8 Å². The highest BCUT2D eigenvalue weighted by molar-refractivity contribution is 9.10. The van der Waals surface area contributed by atoms with Crippen LogP contribution in [0.3, 0.4) is 0 Å². The summed E-state index contributed by atoms with van der Waals surface area (Å²) in [5, 5.41) is 8.89. The molecule has 0 spiro atoms. The van der Waals surface area contributed by atoms with Gasteiger partial charge in [-0.15, -0.1) is 0 Å². The summed E-state index contributed by atoms with van der Waals surface area (Å²) in [4.78, 5) is 1.21. The zero-order valence-electron chi connectivity index (χ0n) is 10.7. The van der Waals surface area contributed by atoms with E-state index in [1.54, 1.807) is 11.8 Å². The normalized spacial score (nSPS) is 10.9. The predicted octanol–water partition coefficient (Wildman–Crippen LogP) is 3.36. The van der Waals surface area contributed by atoms with Gasteiger partial charge in [0.2, 0.25) is 0 Å². The van der Waals surface area contributed by atoms with Crippen LogP contribution in [0.25, 0.3) is 0 Å². The monoisotopic (exact) mass is 325 g/mol. The molecule has 0 fully saturated rings. The van der Waals surface area contributed by atoms with E-state index in [2.05, 4.69) is 45.4 Å². The Morgan fingerprint density at radius 3 is 2.78 bits per heavy atom. The Labute approximate surface area is 120 Å². The van der Waals surface area contributed by atoms with Gasteiger partial charge in [-0.05, 0) is 42.0 Å². The molecule has 5 heteroatoms. The van der Waals surface area contributed by atoms with E-state index in [-0.39, 0.29) is 0 Å². The molecule has 96 valence electrons. The van der Waals surface area contributed by atoms with Gasteiger partial charge in [-0.2, -0.15) is 5.10 Å². The molecule has 0 atom stereocenters. The lowest BCUT2D eigenvalue weighted by Gasteiger charge is -2.07. The Bertz CT molecular complexity index is 551. The molecule has 2 aromatic rings. The van der Waals surface area contributed by atoms with Crippen LogP contribution in [-0.2, 0) is 13.6 Å². The lowest BCUT2D eigenvalue weighted by Crippen LogP contribution is -2.06. The van der Waals surface area contributed by atoms with Gasteiger partial charge < -0.3 is 5.32 Å². The first-order valence-corrected chi connectivity index (χ1v) is 7.34. The number of aromatic nitrogens is 2. The van der Waals surface area contributed by atoms with Gasteiger partial charge in [0.1, 0.15) is 5.03 Å². The highest BCUT2D eigenvalue weighted by Gasteiger charge is 2.14. The van der Waals surface area contributed by atoms with E-state index >= 15 is 0 Å². The Kier molecular flexibility index (Phi) is 4.48. The first kappa shape index (κ1) is 13.6. The summed E-state index contributed by atoms with van der Waals surface area (Å²) in [6.45, 7) is 2.89. The second-order valence-electron chi connectivity index (χ2n) is 4.06. The molecule has 0 bridgehead atoms. The van der Waals surface area contributed by atoms with E-state index in [1.807, 2.05) is 30.9 Å². The molecule has 0 aliphatic heterocycles. The van der Waals surface area contributed by atoms with Crippen LogP contribution in [0.2, 0.25) is 0 Å². The Morgan fingerprint density at radius 2 is 2.11 bits per heavy atom. The van der Waals surface area contributed by atoms with E-state index in [1.165, 1.54) is 15.5 Å². The number of benzene rings is 1. The van der Waals surface area contributed by atoms with Crippen molar-refractivity contribution in [1.29, 1.82) is 0 Å². The van der Waals surface area contributed by atoms with Crippen molar-refractivity contribution in [2.24, 2.45) is 7.05 Å². The fourth-order valence-corrected chi connectivity index (χ4v) is 3.38. The lowest BCUT2D eigenvalue weighted by atomic mass is 10.3. The van der Waals surface area contributed by atoms with Gasteiger partial charge >= 0.3 is 0 Å². The van der Waals surface area contributed by atoms with Crippen molar-refractivity contribution >= 4 is 27.7 Å². The highest BCUT2D eigenvalue weighted by atomic mass is 79.9. The Morgan fingerprint density at radius 1 is 1.39 bits per heavy atom. The summed E-state index contributed by atoms with van der Waals surface area (Å²) >= 11 is 5.32. The molecular weight excluding hydrogens is 310 g/mol. The third-order valence-corrected chi connectivity index (χ3v) is 4.92. The van der Waals surface area contributed by atoms with Crippen LogP contribution in [0, 0.1) is 6.92 Å². The molecule has 1 N–H and O–H groups in total. The van der Waals surface area contributed by atoms with Gasteiger partial charge in [-0.3, -0.25) is 4.68 Å². The molecule has 0 unspecified atom stereocenters. The van der Waals surface area contributed by atoms with Crippen molar-refractivity contribution in [2.45, 2.75) is 23.4 Å². The Balaban J connectivity index is 2.37. The van der Waals surface area contributed by atoms with E-state index in [0.29, 0.717) is 0 Å². The van der Waals surface area contributed by atoms with Crippen molar-refractivity contribution in [2.75, 3.05) is 7.05 Å². The van der Waals surface area contributed by atoms with Gasteiger partial charge in [0, 0.05) is 28.5 Å². The maximum Gasteiger partial charge on any atom is 0.103 e. The summed E-state index contributed by atoms with van der Waals surface area (Å²) < 4.78 is 3.07. The molecule has 0 amide bonds. The van der Waals surface area contributed by atoms with Crippen molar-refractivity contribution in [3.63, 3.8) is 0 Å².